The molecule has 4 nitrogen and oxygen atoms in total. The lowest BCUT2D eigenvalue weighted by atomic mass is 10.3. The molecule has 0 radical (unpaired) electrons. The predicted molar refractivity (Wildman–Crippen MR) is 67.8 cm³/mol. The van der Waals surface area contributed by atoms with Gasteiger partial charge in [0.1, 0.15) is 22.6 Å². The Hall–Kier alpha value is -1.93. The van der Waals surface area contributed by atoms with E-state index in [0.717, 1.165) is 10.7 Å². The number of nitrogens with zero attached hydrogens (tertiary/aromatic N) is 3. The van der Waals surface area contributed by atoms with Crippen LogP contribution in [-0.2, 0) is 0 Å². The zero-order valence-corrected chi connectivity index (χ0v) is 10.5. The molecule has 5 heteroatoms. The number of hydrogen-bond acceptors (Lipinski definition) is 5. The lowest BCUT2D eigenvalue weighted by Crippen LogP contribution is -2.08. The van der Waals surface area contributed by atoms with Gasteiger partial charge in [-0.3, -0.25) is 0 Å². The zero-order valence-electron chi connectivity index (χ0n) is 9.64. The molecule has 2 rings (SSSR count). The lowest BCUT2D eigenvalue weighted by Gasteiger charge is -2.11. The molecule has 0 spiro atoms. The summed E-state index contributed by atoms with van der Waals surface area (Å²) in [5, 5.41) is 15.0. The van der Waals surface area contributed by atoms with Crippen molar-refractivity contribution in [2.45, 2.75) is 19.9 Å². The van der Waals surface area contributed by atoms with Crippen molar-refractivity contribution in [2.75, 3.05) is 5.32 Å². The van der Waals surface area contributed by atoms with E-state index in [2.05, 4.69) is 15.3 Å². The second kappa shape index (κ2) is 4.93. The summed E-state index contributed by atoms with van der Waals surface area (Å²) in [6.45, 7) is 4.00. The highest BCUT2D eigenvalue weighted by Gasteiger charge is 2.09. The summed E-state index contributed by atoms with van der Waals surface area (Å²) >= 11 is 1.62. The summed E-state index contributed by atoms with van der Waals surface area (Å²) in [7, 11) is 0. The van der Waals surface area contributed by atoms with E-state index in [9.17, 15) is 0 Å². The summed E-state index contributed by atoms with van der Waals surface area (Å²) in [6, 6.07) is 7.46. The Bertz CT molecular complexity index is 556. The molecule has 17 heavy (non-hydrogen) atoms. The number of rotatable bonds is 3. The van der Waals surface area contributed by atoms with Gasteiger partial charge >= 0.3 is 0 Å². The van der Waals surface area contributed by atoms with E-state index >= 15 is 0 Å². The Morgan fingerprint density at radius 1 is 1.41 bits per heavy atom. The highest BCUT2D eigenvalue weighted by Crippen LogP contribution is 2.21. The third kappa shape index (κ3) is 2.80. The molecular weight excluding hydrogens is 232 g/mol. The average molecular weight is 244 g/mol. The molecule has 0 aliphatic heterocycles. The number of aromatic nitrogens is 2. The maximum absolute atomic E-state index is 8.77. The fraction of sp³-hybridized carbons (Fsp3) is 0.250. The third-order valence-electron chi connectivity index (χ3n) is 2.24. The van der Waals surface area contributed by atoms with Gasteiger partial charge in [-0.1, -0.05) is 6.07 Å². The summed E-state index contributed by atoms with van der Waals surface area (Å²) in [5.41, 5.74) is 1.44. The van der Waals surface area contributed by atoms with Crippen LogP contribution in [0.1, 0.15) is 29.4 Å². The SMILES string of the molecule is Cc1csc(C(C)Nc2cccc(C#N)n2)n1. The van der Waals surface area contributed by atoms with Crippen molar-refractivity contribution in [3.05, 3.63) is 40.0 Å². The monoisotopic (exact) mass is 244 g/mol. The van der Waals surface area contributed by atoms with Crippen LogP contribution in [0.2, 0.25) is 0 Å². The molecule has 1 N–H and O–H groups in total. The van der Waals surface area contributed by atoms with Gasteiger partial charge in [0.05, 0.1) is 6.04 Å². The highest BCUT2D eigenvalue weighted by molar-refractivity contribution is 7.09. The van der Waals surface area contributed by atoms with E-state index in [0.29, 0.717) is 11.5 Å². The van der Waals surface area contributed by atoms with Crippen LogP contribution in [0.15, 0.2) is 23.6 Å². The summed E-state index contributed by atoms with van der Waals surface area (Å²) in [6.07, 6.45) is 0. The Labute approximate surface area is 104 Å². The van der Waals surface area contributed by atoms with Gasteiger partial charge in [0.2, 0.25) is 0 Å². The Morgan fingerprint density at radius 3 is 2.88 bits per heavy atom. The number of nitriles is 1. The molecule has 2 aromatic rings. The molecule has 0 bridgehead atoms. The molecule has 1 unspecified atom stereocenters. The van der Waals surface area contributed by atoms with Crippen LogP contribution >= 0.6 is 11.3 Å². The molecule has 0 saturated heterocycles. The standard InChI is InChI=1S/C12H12N4S/c1-8-7-17-12(14-8)9(2)15-11-5-3-4-10(6-13)16-11/h3-5,7,9H,1-2H3,(H,15,16). The topological polar surface area (TPSA) is 61.6 Å². The number of pyridine rings is 1. The first kappa shape index (κ1) is 11.6. The number of nitrogens with one attached hydrogen (secondary N) is 1. The van der Waals surface area contributed by atoms with Crippen molar-refractivity contribution in [3.63, 3.8) is 0 Å². The van der Waals surface area contributed by atoms with E-state index < -0.39 is 0 Å². The van der Waals surface area contributed by atoms with E-state index in [1.54, 1.807) is 17.4 Å². The number of anilines is 1. The smallest absolute Gasteiger partial charge is 0.142 e. The maximum Gasteiger partial charge on any atom is 0.142 e. The van der Waals surface area contributed by atoms with Crippen LogP contribution in [0.4, 0.5) is 5.82 Å². The predicted octanol–water partition coefficient (Wildman–Crippen LogP) is 2.89. The molecule has 0 aromatic carbocycles. The maximum atomic E-state index is 8.77. The molecule has 0 fully saturated rings. The molecule has 0 aliphatic carbocycles. The molecule has 0 amide bonds. The lowest BCUT2D eigenvalue weighted by molar-refractivity contribution is 0.855. The van der Waals surface area contributed by atoms with Crippen molar-refractivity contribution < 1.29 is 0 Å². The van der Waals surface area contributed by atoms with Crippen molar-refractivity contribution in [1.29, 1.82) is 5.26 Å². The second-order valence-electron chi connectivity index (χ2n) is 3.71. The molecule has 0 saturated carbocycles. The van der Waals surface area contributed by atoms with Crippen LogP contribution in [0.5, 0.6) is 0 Å². The van der Waals surface area contributed by atoms with E-state index in [1.165, 1.54) is 0 Å². The zero-order chi connectivity index (χ0) is 12.3. The molecule has 1 atom stereocenters. The fourth-order valence-electron chi connectivity index (χ4n) is 1.43. The fourth-order valence-corrected chi connectivity index (χ4v) is 2.24. The van der Waals surface area contributed by atoms with E-state index in [-0.39, 0.29) is 6.04 Å². The van der Waals surface area contributed by atoms with Gasteiger partial charge in [-0.15, -0.1) is 11.3 Å². The molecule has 2 aromatic heterocycles. The largest absolute Gasteiger partial charge is 0.361 e. The number of hydrogen-bond donors (Lipinski definition) is 1. The van der Waals surface area contributed by atoms with Gasteiger partial charge in [-0.05, 0) is 26.0 Å². The van der Waals surface area contributed by atoms with Gasteiger partial charge < -0.3 is 5.32 Å². The van der Waals surface area contributed by atoms with Crippen LogP contribution in [-0.4, -0.2) is 9.97 Å². The third-order valence-corrected chi connectivity index (χ3v) is 3.38. The van der Waals surface area contributed by atoms with Gasteiger partial charge in [-0.25, -0.2) is 9.97 Å². The minimum Gasteiger partial charge on any atom is -0.361 e. The average Bonchev–Trinajstić information content (AvgIpc) is 2.76. The van der Waals surface area contributed by atoms with Crippen molar-refractivity contribution in [1.82, 2.24) is 9.97 Å². The first-order chi connectivity index (χ1) is 8.19. The van der Waals surface area contributed by atoms with Gasteiger partial charge in [0.15, 0.2) is 0 Å². The van der Waals surface area contributed by atoms with Gasteiger partial charge in [0, 0.05) is 11.1 Å². The molecule has 2 heterocycles. The summed E-state index contributed by atoms with van der Waals surface area (Å²) in [5.74, 6) is 0.699. The summed E-state index contributed by atoms with van der Waals surface area (Å²) in [4.78, 5) is 8.58. The first-order valence-electron chi connectivity index (χ1n) is 5.25. The normalized spacial score (nSPS) is 11.8. The number of aryl methyl sites for hydroxylation is 1. The van der Waals surface area contributed by atoms with Crippen LogP contribution in [0, 0.1) is 18.3 Å². The van der Waals surface area contributed by atoms with Crippen molar-refractivity contribution in [2.24, 2.45) is 0 Å². The van der Waals surface area contributed by atoms with Crippen LogP contribution < -0.4 is 5.32 Å². The van der Waals surface area contributed by atoms with Gasteiger partial charge in [0.25, 0.3) is 0 Å². The summed E-state index contributed by atoms with van der Waals surface area (Å²) < 4.78 is 0. The minimum absolute atomic E-state index is 0.0927. The minimum atomic E-state index is 0.0927. The molecule has 0 aliphatic rings. The Balaban J connectivity index is 2.13. The van der Waals surface area contributed by atoms with Crippen molar-refractivity contribution in [3.8, 4) is 6.07 Å². The quantitative estimate of drug-likeness (QED) is 0.901. The van der Waals surface area contributed by atoms with Crippen LogP contribution in [0.25, 0.3) is 0 Å². The first-order valence-corrected chi connectivity index (χ1v) is 6.12. The number of thiazole rings is 1. The van der Waals surface area contributed by atoms with E-state index in [1.807, 2.05) is 37.4 Å². The van der Waals surface area contributed by atoms with Crippen molar-refractivity contribution >= 4 is 17.2 Å². The second-order valence-corrected chi connectivity index (χ2v) is 4.60. The van der Waals surface area contributed by atoms with Gasteiger partial charge in [-0.2, -0.15) is 5.26 Å². The van der Waals surface area contributed by atoms with Crippen LogP contribution in [0.3, 0.4) is 0 Å². The molecular formula is C12H12N4S. The Morgan fingerprint density at radius 2 is 2.24 bits per heavy atom. The highest BCUT2D eigenvalue weighted by atomic mass is 32.1. The molecule has 86 valence electrons. The Kier molecular flexibility index (Phi) is 3.35. The van der Waals surface area contributed by atoms with E-state index in [4.69, 9.17) is 5.26 Å².